The Bertz CT molecular complexity index is 523. The van der Waals surface area contributed by atoms with E-state index in [1.807, 2.05) is 11.3 Å². The van der Waals surface area contributed by atoms with Gasteiger partial charge in [0.1, 0.15) is 0 Å². The van der Waals surface area contributed by atoms with E-state index < -0.39 is 0 Å². The van der Waals surface area contributed by atoms with Crippen LogP contribution in [0.1, 0.15) is 43.9 Å². The minimum atomic E-state index is 0. The molecule has 2 N–H and O–H groups in total. The Morgan fingerprint density at radius 3 is 2.81 bits per heavy atom. The average Bonchev–Trinajstić information content (AvgIpc) is 3.14. The van der Waals surface area contributed by atoms with E-state index in [-0.39, 0.29) is 30.7 Å². The molecule has 156 valence electrons. The quantitative estimate of drug-likeness (QED) is 0.681. The van der Waals surface area contributed by atoms with Crippen molar-refractivity contribution in [3.8, 4) is 0 Å². The van der Waals surface area contributed by atoms with Crippen LogP contribution in [0.4, 0.5) is 0 Å². The highest BCUT2D eigenvalue weighted by molar-refractivity contribution is 7.09. The largest absolute Gasteiger partial charge is 0.356 e. The Kier molecular flexibility index (Phi) is 11.9. The molecule has 27 heavy (non-hydrogen) atoms. The molecule has 0 radical (unpaired) electrons. The summed E-state index contributed by atoms with van der Waals surface area (Å²) in [6.45, 7) is 8.68. The first-order valence-electron chi connectivity index (χ1n) is 9.93. The number of nitrogens with one attached hydrogen (secondary N) is 2. The number of likely N-dealkylation sites (tertiary alicyclic amines) is 1. The highest BCUT2D eigenvalue weighted by Gasteiger charge is 2.24. The number of halogens is 2. The number of amides is 1. The molecule has 7 heteroatoms. The fraction of sp³-hybridized carbons (Fsp3) is 0.750. The van der Waals surface area contributed by atoms with Gasteiger partial charge in [0.25, 0.3) is 0 Å². The zero-order valence-electron chi connectivity index (χ0n) is 16.3. The smallest absolute Gasteiger partial charge is 0.220 e. The van der Waals surface area contributed by atoms with Crippen molar-refractivity contribution in [2.75, 3.05) is 32.7 Å². The van der Waals surface area contributed by atoms with Gasteiger partial charge in [0.15, 0.2) is 0 Å². The lowest BCUT2D eigenvalue weighted by Crippen LogP contribution is -2.41. The maximum atomic E-state index is 12.3. The topological polar surface area (TPSA) is 44.4 Å². The molecular formula is C20H35Cl2N3OS. The first-order chi connectivity index (χ1) is 12.2. The van der Waals surface area contributed by atoms with Gasteiger partial charge in [-0.05, 0) is 74.5 Å². The van der Waals surface area contributed by atoms with Gasteiger partial charge < -0.3 is 10.6 Å². The molecule has 2 fully saturated rings. The van der Waals surface area contributed by atoms with Crippen molar-refractivity contribution in [2.24, 2.45) is 17.8 Å². The van der Waals surface area contributed by atoms with Gasteiger partial charge in [0, 0.05) is 30.9 Å². The van der Waals surface area contributed by atoms with Gasteiger partial charge in [-0.2, -0.15) is 0 Å². The third-order valence-corrected chi connectivity index (χ3v) is 6.71. The van der Waals surface area contributed by atoms with Gasteiger partial charge in [-0.25, -0.2) is 0 Å². The standard InChI is InChI=1S/C20H33N3OS.2ClH/c1-16(18-6-8-21-9-7-18)12-20(24)22-13-17-4-2-10-23(14-17)15-19-5-3-11-25-19;;/h3,5,11,16-18,21H,2,4,6-10,12-15H2,1H3,(H,22,24);2*1H. The van der Waals surface area contributed by atoms with Crippen molar-refractivity contribution < 1.29 is 4.79 Å². The predicted octanol–water partition coefficient (Wildman–Crippen LogP) is 3.95. The Balaban J connectivity index is 0.00000182. The van der Waals surface area contributed by atoms with Crippen LogP contribution in [0.15, 0.2) is 17.5 Å². The summed E-state index contributed by atoms with van der Waals surface area (Å²) in [7, 11) is 0. The summed E-state index contributed by atoms with van der Waals surface area (Å²) >= 11 is 1.84. The van der Waals surface area contributed by atoms with Crippen LogP contribution in [-0.4, -0.2) is 43.5 Å². The molecule has 4 nitrogen and oxygen atoms in total. The van der Waals surface area contributed by atoms with Crippen LogP contribution in [0.5, 0.6) is 0 Å². The maximum Gasteiger partial charge on any atom is 0.220 e. The third kappa shape index (κ3) is 8.28. The van der Waals surface area contributed by atoms with E-state index in [0.29, 0.717) is 24.2 Å². The van der Waals surface area contributed by atoms with E-state index in [2.05, 4.69) is 40.0 Å². The summed E-state index contributed by atoms with van der Waals surface area (Å²) in [5.41, 5.74) is 0. The molecule has 2 aliphatic heterocycles. The minimum absolute atomic E-state index is 0. The number of carbonyl (C=O) groups is 1. The summed E-state index contributed by atoms with van der Waals surface area (Å²) < 4.78 is 0. The Morgan fingerprint density at radius 2 is 2.11 bits per heavy atom. The van der Waals surface area contributed by atoms with Crippen LogP contribution in [0.3, 0.4) is 0 Å². The molecule has 0 saturated carbocycles. The first-order valence-corrected chi connectivity index (χ1v) is 10.8. The Morgan fingerprint density at radius 1 is 1.33 bits per heavy atom. The van der Waals surface area contributed by atoms with Crippen molar-refractivity contribution >= 4 is 42.1 Å². The fourth-order valence-electron chi connectivity index (χ4n) is 4.29. The van der Waals surface area contributed by atoms with Crippen molar-refractivity contribution in [3.63, 3.8) is 0 Å². The van der Waals surface area contributed by atoms with Gasteiger partial charge in [-0.3, -0.25) is 9.69 Å². The second kappa shape index (κ2) is 13.0. The number of nitrogens with zero attached hydrogens (tertiary/aromatic N) is 1. The van der Waals surface area contributed by atoms with Crippen LogP contribution in [0.2, 0.25) is 0 Å². The molecule has 1 aromatic heterocycles. The first kappa shape index (κ1) is 24.7. The zero-order valence-corrected chi connectivity index (χ0v) is 18.8. The summed E-state index contributed by atoms with van der Waals surface area (Å²) in [6.07, 6.45) is 5.61. The third-order valence-electron chi connectivity index (χ3n) is 5.85. The van der Waals surface area contributed by atoms with E-state index >= 15 is 0 Å². The number of hydrogen-bond donors (Lipinski definition) is 2. The summed E-state index contributed by atoms with van der Waals surface area (Å²) in [6, 6.07) is 4.35. The Labute approximate surface area is 180 Å². The summed E-state index contributed by atoms with van der Waals surface area (Å²) in [5.74, 6) is 2.07. The van der Waals surface area contributed by atoms with Crippen LogP contribution in [0.25, 0.3) is 0 Å². The van der Waals surface area contributed by atoms with E-state index in [0.717, 1.165) is 32.7 Å². The summed E-state index contributed by atoms with van der Waals surface area (Å²) in [4.78, 5) is 16.3. The molecule has 2 saturated heterocycles. The van der Waals surface area contributed by atoms with E-state index in [1.54, 1.807) is 0 Å². The van der Waals surface area contributed by atoms with Gasteiger partial charge in [0.05, 0.1) is 0 Å². The Hall–Kier alpha value is -0.330. The van der Waals surface area contributed by atoms with Gasteiger partial charge >= 0.3 is 0 Å². The van der Waals surface area contributed by atoms with Crippen LogP contribution >= 0.6 is 36.2 Å². The normalized spacial score (nSPS) is 22.3. The predicted molar refractivity (Wildman–Crippen MR) is 119 cm³/mol. The maximum absolute atomic E-state index is 12.3. The van der Waals surface area contributed by atoms with Crippen molar-refractivity contribution in [2.45, 2.75) is 45.6 Å². The van der Waals surface area contributed by atoms with Gasteiger partial charge in [0.2, 0.25) is 5.91 Å². The van der Waals surface area contributed by atoms with Crippen LogP contribution in [-0.2, 0) is 11.3 Å². The van der Waals surface area contributed by atoms with Crippen LogP contribution < -0.4 is 10.6 Å². The van der Waals surface area contributed by atoms with Crippen molar-refractivity contribution in [3.05, 3.63) is 22.4 Å². The van der Waals surface area contributed by atoms with E-state index in [9.17, 15) is 4.79 Å². The molecule has 0 aliphatic carbocycles. The monoisotopic (exact) mass is 435 g/mol. The second-order valence-electron chi connectivity index (χ2n) is 7.90. The molecule has 2 unspecified atom stereocenters. The number of thiophene rings is 1. The molecule has 1 aromatic rings. The molecule has 0 bridgehead atoms. The molecule has 3 rings (SSSR count). The molecule has 3 heterocycles. The lowest BCUT2D eigenvalue weighted by atomic mass is 9.84. The molecule has 0 aromatic carbocycles. The number of piperidine rings is 2. The van der Waals surface area contributed by atoms with Crippen molar-refractivity contribution in [1.82, 2.24) is 15.5 Å². The highest BCUT2D eigenvalue weighted by atomic mass is 35.5. The average molecular weight is 436 g/mol. The molecular weight excluding hydrogens is 401 g/mol. The van der Waals surface area contributed by atoms with E-state index in [1.165, 1.54) is 37.1 Å². The van der Waals surface area contributed by atoms with Gasteiger partial charge in [-0.15, -0.1) is 36.2 Å². The SMILES string of the molecule is CC(CC(=O)NCC1CCCN(Cc2cccs2)C1)C1CCNCC1.Cl.Cl. The molecule has 2 aliphatic rings. The van der Waals surface area contributed by atoms with Crippen molar-refractivity contribution in [1.29, 1.82) is 0 Å². The van der Waals surface area contributed by atoms with E-state index in [4.69, 9.17) is 0 Å². The number of carbonyl (C=O) groups excluding carboxylic acids is 1. The molecule has 2 atom stereocenters. The lowest BCUT2D eigenvalue weighted by molar-refractivity contribution is -0.122. The molecule has 1 amide bonds. The minimum Gasteiger partial charge on any atom is -0.356 e. The zero-order chi connectivity index (χ0) is 17.5. The van der Waals surface area contributed by atoms with Gasteiger partial charge in [-0.1, -0.05) is 13.0 Å². The summed E-state index contributed by atoms with van der Waals surface area (Å²) in [5, 5.41) is 8.78. The van der Waals surface area contributed by atoms with Crippen LogP contribution in [0, 0.1) is 17.8 Å². The number of hydrogen-bond acceptors (Lipinski definition) is 4. The highest BCUT2D eigenvalue weighted by Crippen LogP contribution is 2.24. The molecule has 0 spiro atoms. The fourth-order valence-corrected chi connectivity index (χ4v) is 5.03. The number of rotatable bonds is 7. The lowest BCUT2D eigenvalue weighted by Gasteiger charge is -2.32. The second-order valence-corrected chi connectivity index (χ2v) is 8.93.